The molecular weight excluding hydrogens is 471 g/mol. The van der Waals surface area contributed by atoms with Gasteiger partial charge in [0, 0.05) is 5.39 Å². The summed E-state index contributed by atoms with van der Waals surface area (Å²) >= 11 is 0. The number of fused-ring (bicyclic) bond motifs is 1. The number of ether oxygens (including phenoxy) is 1. The molecule has 4 rings (SSSR count). The van der Waals surface area contributed by atoms with E-state index in [2.05, 4.69) is 17.7 Å². The largest absolute Gasteiger partial charge is 0.429 e. The summed E-state index contributed by atoms with van der Waals surface area (Å²) in [6, 6.07) is 11.5. The van der Waals surface area contributed by atoms with E-state index in [1.54, 1.807) is 6.07 Å². The standard InChI is InChI=1S/C30H33F5O/c1-2-3-4-5-19-6-9-21(10-7-19)23-14-15-25-24(18-23)13-12-22(28(25)33)11-8-20-16-26(31)29(27(32)17-20)36-30(34)35/h12-19,21,30H,2-11H2,1H3. The van der Waals surface area contributed by atoms with Crippen LogP contribution in [0.25, 0.3) is 10.8 Å². The van der Waals surface area contributed by atoms with Crippen LogP contribution in [0, 0.1) is 23.4 Å². The third kappa shape index (κ3) is 6.37. The summed E-state index contributed by atoms with van der Waals surface area (Å²) in [4.78, 5) is 0. The van der Waals surface area contributed by atoms with E-state index in [1.165, 1.54) is 56.9 Å². The third-order valence-corrected chi connectivity index (χ3v) is 7.54. The minimum atomic E-state index is -3.32. The molecule has 0 bridgehead atoms. The molecule has 0 saturated heterocycles. The van der Waals surface area contributed by atoms with E-state index in [-0.39, 0.29) is 24.2 Å². The molecule has 0 unspecified atom stereocenters. The Hall–Kier alpha value is -2.63. The first-order chi connectivity index (χ1) is 17.4. The van der Waals surface area contributed by atoms with Gasteiger partial charge in [0.1, 0.15) is 5.82 Å². The van der Waals surface area contributed by atoms with Crippen LogP contribution in [0.1, 0.15) is 80.9 Å². The average Bonchev–Trinajstić information content (AvgIpc) is 2.86. The Morgan fingerprint density at radius 1 is 0.861 bits per heavy atom. The van der Waals surface area contributed by atoms with Crippen LogP contribution in [0.2, 0.25) is 0 Å². The lowest BCUT2D eigenvalue weighted by Gasteiger charge is -2.29. The molecule has 0 N–H and O–H groups in total. The van der Waals surface area contributed by atoms with Gasteiger partial charge in [0.15, 0.2) is 17.4 Å². The predicted molar refractivity (Wildman–Crippen MR) is 133 cm³/mol. The molecule has 1 aliphatic carbocycles. The molecule has 6 heteroatoms. The first-order valence-electron chi connectivity index (χ1n) is 13.0. The zero-order valence-corrected chi connectivity index (χ0v) is 20.6. The van der Waals surface area contributed by atoms with Crippen LogP contribution in [-0.4, -0.2) is 6.61 Å². The second kappa shape index (κ2) is 12.1. The molecule has 1 saturated carbocycles. The molecular formula is C30H33F5O. The maximum Gasteiger partial charge on any atom is 0.387 e. The number of halogens is 5. The highest BCUT2D eigenvalue weighted by molar-refractivity contribution is 5.84. The van der Waals surface area contributed by atoms with Crippen molar-refractivity contribution in [3.05, 3.63) is 76.6 Å². The number of benzene rings is 3. The lowest BCUT2D eigenvalue weighted by molar-refractivity contribution is -0.0546. The van der Waals surface area contributed by atoms with Crippen LogP contribution in [0.4, 0.5) is 22.0 Å². The molecule has 36 heavy (non-hydrogen) atoms. The van der Waals surface area contributed by atoms with Gasteiger partial charge in [-0.3, -0.25) is 0 Å². The van der Waals surface area contributed by atoms with Crippen molar-refractivity contribution >= 4 is 10.8 Å². The molecule has 0 spiro atoms. The SMILES string of the molecule is CCCCCC1CCC(c2ccc3c(F)c(CCc4cc(F)c(OC(F)F)c(F)c4)ccc3c2)CC1. The number of unbranched alkanes of at least 4 members (excludes halogenated alkanes) is 2. The van der Waals surface area contributed by atoms with Crippen molar-refractivity contribution in [3.63, 3.8) is 0 Å². The highest BCUT2D eigenvalue weighted by atomic mass is 19.3. The topological polar surface area (TPSA) is 9.23 Å². The minimum absolute atomic E-state index is 0.158. The van der Waals surface area contributed by atoms with Gasteiger partial charge in [0.25, 0.3) is 0 Å². The Morgan fingerprint density at radius 2 is 1.58 bits per heavy atom. The van der Waals surface area contributed by atoms with Crippen LogP contribution in [-0.2, 0) is 12.8 Å². The zero-order chi connectivity index (χ0) is 25.7. The summed E-state index contributed by atoms with van der Waals surface area (Å²) in [5.41, 5.74) is 1.95. The first-order valence-corrected chi connectivity index (χ1v) is 13.0. The van der Waals surface area contributed by atoms with Crippen LogP contribution in [0.3, 0.4) is 0 Å². The number of aryl methyl sites for hydroxylation is 2. The highest BCUT2D eigenvalue weighted by Crippen LogP contribution is 2.39. The van der Waals surface area contributed by atoms with Crippen molar-refractivity contribution in [1.82, 2.24) is 0 Å². The van der Waals surface area contributed by atoms with Gasteiger partial charge in [-0.1, -0.05) is 62.9 Å². The van der Waals surface area contributed by atoms with Gasteiger partial charge < -0.3 is 4.74 Å². The molecule has 3 aromatic rings. The van der Waals surface area contributed by atoms with Crippen molar-refractivity contribution in [2.45, 2.75) is 83.7 Å². The van der Waals surface area contributed by atoms with Crippen molar-refractivity contribution in [2.75, 3.05) is 0 Å². The van der Waals surface area contributed by atoms with Gasteiger partial charge in [-0.15, -0.1) is 0 Å². The van der Waals surface area contributed by atoms with E-state index in [1.807, 2.05) is 18.2 Å². The molecule has 0 amide bonds. The monoisotopic (exact) mass is 504 g/mol. The molecule has 1 fully saturated rings. The maximum atomic E-state index is 15.3. The van der Waals surface area contributed by atoms with Gasteiger partial charge in [-0.25, -0.2) is 13.2 Å². The Balaban J connectivity index is 1.41. The molecule has 1 aliphatic rings. The van der Waals surface area contributed by atoms with E-state index < -0.39 is 24.0 Å². The first kappa shape index (κ1) is 26.4. The van der Waals surface area contributed by atoms with Gasteiger partial charge in [-0.05, 0) is 84.6 Å². The number of hydrogen-bond donors (Lipinski definition) is 0. The minimum Gasteiger partial charge on any atom is -0.429 e. The molecule has 3 aromatic carbocycles. The Morgan fingerprint density at radius 3 is 2.25 bits per heavy atom. The van der Waals surface area contributed by atoms with Crippen LogP contribution < -0.4 is 4.74 Å². The second-order valence-electron chi connectivity index (χ2n) is 10.00. The fourth-order valence-electron chi connectivity index (χ4n) is 5.51. The van der Waals surface area contributed by atoms with Crippen molar-refractivity contribution < 1.29 is 26.7 Å². The molecule has 0 radical (unpaired) electrons. The Labute approximate surface area is 209 Å². The third-order valence-electron chi connectivity index (χ3n) is 7.54. The van der Waals surface area contributed by atoms with E-state index in [4.69, 9.17) is 0 Å². The van der Waals surface area contributed by atoms with Crippen LogP contribution in [0.15, 0.2) is 42.5 Å². The van der Waals surface area contributed by atoms with Gasteiger partial charge in [0.2, 0.25) is 0 Å². The quantitative estimate of drug-likeness (QED) is 0.197. The molecule has 1 nitrogen and oxygen atoms in total. The molecule has 0 aliphatic heterocycles. The van der Waals surface area contributed by atoms with E-state index >= 15 is 4.39 Å². The molecule has 194 valence electrons. The lowest BCUT2D eigenvalue weighted by Crippen LogP contribution is -2.13. The Kier molecular flexibility index (Phi) is 8.86. The normalized spacial score (nSPS) is 18.2. The van der Waals surface area contributed by atoms with E-state index in [9.17, 15) is 17.6 Å². The summed E-state index contributed by atoms with van der Waals surface area (Å²) in [6.45, 7) is -1.09. The number of alkyl halides is 2. The molecule has 0 aromatic heterocycles. The van der Waals surface area contributed by atoms with Gasteiger partial charge in [-0.2, -0.15) is 8.78 Å². The fraction of sp³-hybridized carbons (Fsp3) is 0.467. The summed E-state index contributed by atoms with van der Waals surface area (Å²) < 4.78 is 71.8. The van der Waals surface area contributed by atoms with Crippen LogP contribution >= 0.6 is 0 Å². The summed E-state index contributed by atoms with van der Waals surface area (Å²) in [6.07, 6.45) is 10.5. The Bertz CT molecular complexity index is 1140. The lowest BCUT2D eigenvalue weighted by atomic mass is 9.76. The number of rotatable bonds is 10. The molecule has 0 heterocycles. The maximum absolute atomic E-state index is 15.3. The van der Waals surface area contributed by atoms with Crippen molar-refractivity contribution in [3.8, 4) is 5.75 Å². The van der Waals surface area contributed by atoms with E-state index in [0.717, 1.165) is 23.4 Å². The number of hydrogen-bond acceptors (Lipinski definition) is 1. The molecule has 0 atom stereocenters. The van der Waals surface area contributed by atoms with Crippen molar-refractivity contribution in [2.24, 2.45) is 5.92 Å². The summed E-state index contributed by atoms with van der Waals surface area (Å²) in [5.74, 6) is -2.49. The second-order valence-corrected chi connectivity index (χ2v) is 10.00. The summed E-state index contributed by atoms with van der Waals surface area (Å²) in [5, 5.41) is 1.38. The summed E-state index contributed by atoms with van der Waals surface area (Å²) in [7, 11) is 0. The smallest absolute Gasteiger partial charge is 0.387 e. The van der Waals surface area contributed by atoms with Crippen LogP contribution in [0.5, 0.6) is 5.75 Å². The fourth-order valence-corrected chi connectivity index (χ4v) is 5.51. The predicted octanol–water partition coefficient (Wildman–Crippen LogP) is 9.50. The van der Waals surface area contributed by atoms with Gasteiger partial charge in [0.05, 0.1) is 0 Å². The van der Waals surface area contributed by atoms with Crippen molar-refractivity contribution in [1.29, 1.82) is 0 Å². The zero-order valence-electron chi connectivity index (χ0n) is 20.6. The highest BCUT2D eigenvalue weighted by Gasteiger charge is 2.23. The average molecular weight is 505 g/mol. The van der Waals surface area contributed by atoms with Gasteiger partial charge >= 0.3 is 6.61 Å². The van der Waals surface area contributed by atoms with E-state index in [0.29, 0.717) is 16.9 Å².